The molecular formula is C20H20N4O3. The van der Waals surface area contributed by atoms with Crippen LogP contribution in [-0.4, -0.2) is 52.0 Å². The molecule has 0 unspecified atom stereocenters. The quantitative estimate of drug-likeness (QED) is 0.693. The van der Waals surface area contributed by atoms with Gasteiger partial charge >= 0.3 is 0 Å². The minimum atomic E-state index is -0.0180. The molecule has 0 radical (unpaired) electrons. The molecule has 0 bridgehead atoms. The lowest BCUT2D eigenvalue weighted by Gasteiger charge is -2.34. The summed E-state index contributed by atoms with van der Waals surface area (Å²) in [6.07, 6.45) is 4.89. The molecule has 1 aromatic carbocycles. The summed E-state index contributed by atoms with van der Waals surface area (Å²) in [6.45, 7) is 3.66. The lowest BCUT2D eigenvalue weighted by atomic mass is 10.1. The number of piperazine rings is 1. The van der Waals surface area contributed by atoms with Crippen LogP contribution in [0.2, 0.25) is 0 Å². The summed E-state index contributed by atoms with van der Waals surface area (Å²) in [5.74, 6) is 1.13. The first kappa shape index (κ1) is 17.2. The second-order valence-electron chi connectivity index (χ2n) is 6.35. The highest BCUT2D eigenvalue weighted by atomic mass is 16.5. The fourth-order valence-electron chi connectivity index (χ4n) is 3.09. The molecule has 0 spiro atoms. The standard InChI is InChI=1S/C20H20N4O3/c25-20(24-11-9-23(10-12-24)15-16-7-13-26-22-16)18-5-1-2-6-19(18)27-17-4-3-8-21-14-17/h1-8,13-14H,9-12,15H2. The zero-order valence-electron chi connectivity index (χ0n) is 14.8. The monoisotopic (exact) mass is 364 g/mol. The molecule has 0 N–H and O–H groups in total. The van der Waals surface area contributed by atoms with E-state index in [0.717, 1.165) is 25.3 Å². The fraction of sp³-hybridized carbons (Fsp3) is 0.250. The second kappa shape index (κ2) is 8.01. The van der Waals surface area contributed by atoms with Crippen LogP contribution in [0.5, 0.6) is 11.5 Å². The fourth-order valence-corrected chi connectivity index (χ4v) is 3.09. The maximum absolute atomic E-state index is 13.0. The molecule has 27 heavy (non-hydrogen) atoms. The highest BCUT2D eigenvalue weighted by Gasteiger charge is 2.24. The minimum absolute atomic E-state index is 0.0180. The molecule has 1 fully saturated rings. The summed E-state index contributed by atoms with van der Waals surface area (Å²) in [7, 11) is 0. The highest BCUT2D eigenvalue weighted by Crippen LogP contribution is 2.26. The molecule has 7 nitrogen and oxygen atoms in total. The molecular weight excluding hydrogens is 344 g/mol. The number of aromatic nitrogens is 2. The van der Waals surface area contributed by atoms with Gasteiger partial charge in [-0.15, -0.1) is 0 Å². The van der Waals surface area contributed by atoms with Crippen molar-refractivity contribution in [3.05, 3.63) is 72.4 Å². The lowest BCUT2D eigenvalue weighted by molar-refractivity contribution is 0.0623. The van der Waals surface area contributed by atoms with E-state index in [1.165, 1.54) is 0 Å². The van der Waals surface area contributed by atoms with E-state index in [0.29, 0.717) is 30.2 Å². The van der Waals surface area contributed by atoms with Gasteiger partial charge in [0.1, 0.15) is 17.8 Å². The number of ether oxygens (including phenoxy) is 1. The first-order valence-corrected chi connectivity index (χ1v) is 8.87. The number of nitrogens with zero attached hydrogens (tertiary/aromatic N) is 4. The Morgan fingerprint density at radius 1 is 1.07 bits per heavy atom. The van der Waals surface area contributed by atoms with E-state index >= 15 is 0 Å². The third kappa shape index (κ3) is 4.15. The topological polar surface area (TPSA) is 71.7 Å². The Kier molecular flexibility index (Phi) is 5.11. The molecule has 1 aliphatic heterocycles. The summed E-state index contributed by atoms with van der Waals surface area (Å²) in [5.41, 5.74) is 1.47. The summed E-state index contributed by atoms with van der Waals surface area (Å²) in [6, 6.07) is 12.8. The molecule has 7 heteroatoms. The predicted octanol–water partition coefficient (Wildman–Crippen LogP) is 2.82. The van der Waals surface area contributed by atoms with Crippen molar-refractivity contribution in [3.63, 3.8) is 0 Å². The third-order valence-corrected chi connectivity index (χ3v) is 4.52. The Morgan fingerprint density at radius 2 is 1.93 bits per heavy atom. The molecule has 1 amide bonds. The number of pyridine rings is 1. The number of para-hydroxylation sites is 1. The van der Waals surface area contributed by atoms with Crippen LogP contribution in [0, 0.1) is 0 Å². The average Bonchev–Trinajstić information content (AvgIpc) is 3.22. The largest absolute Gasteiger partial charge is 0.455 e. The van der Waals surface area contributed by atoms with Crippen LogP contribution in [0.3, 0.4) is 0 Å². The third-order valence-electron chi connectivity index (χ3n) is 4.52. The van der Waals surface area contributed by atoms with E-state index in [4.69, 9.17) is 9.26 Å². The summed E-state index contributed by atoms with van der Waals surface area (Å²) in [5, 5.41) is 3.94. The van der Waals surface area contributed by atoms with E-state index in [2.05, 4.69) is 15.0 Å². The van der Waals surface area contributed by atoms with Gasteiger partial charge < -0.3 is 14.2 Å². The van der Waals surface area contributed by atoms with Gasteiger partial charge in [0.2, 0.25) is 0 Å². The summed E-state index contributed by atoms with van der Waals surface area (Å²) in [4.78, 5) is 21.2. The van der Waals surface area contributed by atoms with Crippen LogP contribution < -0.4 is 4.74 Å². The summed E-state index contributed by atoms with van der Waals surface area (Å²) < 4.78 is 10.7. The number of carbonyl (C=O) groups excluding carboxylic acids is 1. The molecule has 4 rings (SSSR count). The average molecular weight is 364 g/mol. The number of rotatable bonds is 5. The normalized spacial score (nSPS) is 14.9. The number of hydrogen-bond donors (Lipinski definition) is 0. The smallest absolute Gasteiger partial charge is 0.257 e. The number of amides is 1. The van der Waals surface area contributed by atoms with E-state index in [9.17, 15) is 4.79 Å². The van der Waals surface area contributed by atoms with Gasteiger partial charge in [-0.2, -0.15) is 0 Å². The molecule has 0 atom stereocenters. The number of hydrogen-bond acceptors (Lipinski definition) is 6. The zero-order chi connectivity index (χ0) is 18.5. The first-order chi connectivity index (χ1) is 13.3. The Labute approximate surface area is 157 Å². The Hall–Kier alpha value is -3.19. The van der Waals surface area contributed by atoms with E-state index in [1.54, 1.807) is 36.9 Å². The van der Waals surface area contributed by atoms with Crippen molar-refractivity contribution < 1.29 is 14.1 Å². The van der Waals surface area contributed by atoms with Gasteiger partial charge in [0, 0.05) is 45.0 Å². The van der Waals surface area contributed by atoms with Crippen LogP contribution in [-0.2, 0) is 6.54 Å². The van der Waals surface area contributed by atoms with Gasteiger partial charge in [-0.25, -0.2) is 0 Å². The molecule has 138 valence electrons. The Bertz CT molecular complexity index is 875. The van der Waals surface area contributed by atoms with Gasteiger partial charge in [0.05, 0.1) is 17.5 Å². The van der Waals surface area contributed by atoms with Crippen molar-refractivity contribution in [3.8, 4) is 11.5 Å². The SMILES string of the molecule is O=C(c1ccccc1Oc1cccnc1)N1CCN(Cc2ccon2)CC1. The number of carbonyl (C=O) groups is 1. The van der Waals surface area contributed by atoms with Crippen LogP contribution in [0.1, 0.15) is 16.1 Å². The maximum atomic E-state index is 13.0. The maximum Gasteiger partial charge on any atom is 0.257 e. The molecule has 0 saturated carbocycles. The van der Waals surface area contributed by atoms with E-state index in [1.807, 2.05) is 29.2 Å². The molecule has 2 aromatic heterocycles. The zero-order valence-corrected chi connectivity index (χ0v) is 14.8. The Morgan fingerprint density at radius 3 is 2.67 bits per heavy atom. The van der Waals surface area contributed by atoms with Crippen molar-refractivity contribution >= 4 is 5.91 Å². The van der Waals surface area contributed by atoms with Gasteiger partial charge in [-0.05, 0) is 24.3 Å². The molecule has 1 saturated heterocycles. The van der Waals surface area contributed by atoms with E-state index < -0.39 is 0 Å². The van der Waals surface area contributed by atoms with Gasteiger partial charge in [-0.1, -0.05) is 17.3 Å². The van der Waals surface area contributed by atoms with Gasteiger partial charge in [-0.3, -0.25) is 14.7 Å². The second-order valence-corrected chi connectivity index (χ2v) is 6.35. The molecule has 3 heterocycles. The van der Waals surface area contributed by atoms with Crippen LogP contribution in [0.4, 0.5) is 0 Å². The minimum Gasteiger partial charge on any atom is -0.455 e. The molecule has 1 aliphatic rings. The van der Waals surface area contributed by atoms with Crippen molar-refractivity contribution in [2.75, 3.05) is 26.2 Å². The van der Waals surface area contributed by atoms with Crippen LogP contribution in [0.25, 0.3) is 0 Å². The van der Waals surface area contributed by atoms with Crippen LogP contribution >= 0.6 is 0 Å². The summed E-state index contributed by atoms with van der Waals surface area (Å²) >= 11 is 0. The number of benzene rings is 1. The lowest BCUT2D eigenvalue weighted by Crippen LogP contribution is -2.48. The predicted molar refractivity (Wildman–Crippen MR) is 98.4 cm³/mol. The van der Waals surface area contributed by atoms with Gasteiger partial charge in [0.25, 0.3) is 5.91 Å². The van der Waals surface area contributed by atoms with Gasteiger partial charge in [0.15, 0.2) is 0 Å². The van der Waals surface area contributed by atoms with Crippen molar-refractivity contribution in [2.45, 2.75) is 6.54 Å². The van der Waals surface area contributed by atoms with Crippen molar-refractivity contribution in [1.29, 1.82) is 0 Å². The molecule has 3 aromatic rings. The Balaban J connectivity index is 1.41. The van der Waals surface area contributed by atoms with Crippen molar-refractivity contribution in [1.82, 2.24) is 19.9 Å². The first-order valence-electron chi connectivity index (χ1n) is 8.87. The van der Waals surface area contributed by atoms with Crippen molar-refractivity contribution in [2.24, 2.45) is 0 Å². The highest BCUT2D eigenvalue weighted by molar-refractivity contribution is 5.97. The van der Waals surface area contributed by atoms with E-state index in [-0.39, 0.29) is 5.91 Å². The van der Waals surface area contributed by atoms with Crippen LogP contribution in [0.15, 0.2) is 65.6 Å². The molecule has 0 aliphatic carbocycles.